The first-order valence-electron chi connectivity index (χ1n) is 10.5. The Kier molecular flexibility index (Phi) is 4.79. The number of carbonyl (C=O) groups excluding carboxylic acids is 2. The van der Waals surface area contributed by atoms with Gasteiger partial charge >= 0.3 is 0 Å². The Labute approximate surface area is 176 Å². The van der Waals surface area contributed by atoms with Crippen LogP contribution in [-0.2, 0) is 7.05 Å². The summed E-state index contributed by atoms with van der Waals surface area (Å²) < 4.78 is 1.93. The highest BCUT2D eigenvalue weighted by atomic mass is 16.2. The molecule has 3 heterocycles. The second kappa shape index (κ2) is 7.61. The number of rotatable bonds is 4. The summed E-state index contributed by atoms with van der Waals surface area (Å²) in [4.78, 5) is 30.4. The van der Waals surface area contributed by atoms with Crippen molar-refractivity contribution in [3.8, 4) is 0 Å². The number of hydrogen-bond donors (Lipinski definition) is 1. The zero-order chi connectivity index (χ0) is 20.7. The average molecular weight is 402 g/mol. The van der Waals surface area contributed by atoms with Crippen molar-refractivity contribution in [3.63, 3.8) is 0 Å². The fourth-order valence-electron chi connectivity index (χ4n) is 4.84. The van der Waals surface area contributed by atoms with Crippen LogP contribution in [0, 0.1) is 0 Å². The first kappa shape index (κ1) is 18.9. The minimum Gasteiger partial charge on any atom is -0.349 e. The van der Waals surface area contributed by atoms with Crippen molar-refractivity contribution < 1.29 is 9.59 Å². The second-order valence-corrected chi connectivity index (χ2v) is 8.27. The maximum atomic E-state index is 13.1. The molecular formula is C24H26N4O2. The van der Waals surface area contributed by atoms with Gasteiger partial charge in [0.05, 0.1) is 0 Å². The van der Waals surface area contributed by atoms with E-state index in [0.717, 1.165) is 36.0 Å². The number of amides is 2. The zero-order valence-electron chi connectivity index (χ0n) is 17.1. The molecule has 0 spiro atoms. The lowest BCUT2D eigenvalue weighted by Crippen LogP contribution is -2.57. The van der Waals surface area contributed by atoms with Gasteiger partial charge in [-0.1, -0.05) is 36.4 Å². The van der Waals surface area contributed by atoms with E-state index in [1.807, 2.05) is 77.2 Å². The summed E-state index contributed by atoms with van der Waals surface area (Å²) in [5.74, 6) is 0.0168. The minimum absolute atomic E-state index is 0.0732. The Morgan fingerprint density at radius 2 is 1.80 bits per heavy atom. The Morgan fingerprint density at radius 3 is 2.60 bits per heavy atom. The average Bonchev–Trinajstić information content (AvgIpc) is 3.35. The third-order valence-electron chi connectivity index (χ3n) is 6.52. The summed E-state index contributed by atoms with van der Waals surface area (Å²) in [5.41, 5.74) is 2.43. The molecule has 6 heteroatoms. The molecule has 154 valence electrons. The molecule has 0 saturated carbocycles. The Hall–Kier alpha value is -3.12. The van der Waals surface area contributed by atoms with Crippen LogP contribution in [0.1, 0.15) is 27.3 Å². The van der Waals surface area contributed by atoms with Gasteiger partial charge in [0.2, 0.25) is 0 Å². The first-order chi connectivity index (χ1) is 14.6. The van der Waals surface area contributed by atoms with Crippen LogP contribution in [0.25, 0.3) is 10.9 Å². The van der Waals surface area contributed by atoms with Gasteiger partial charge in [0.15, 0.2) is 0 Å². The fraction of sp³-hybridized carbons (Fsp3) is 0.333. The van der Waals surface area contributed by atoms with Gasteiger partial charge in [0, 0.05) is 61.8 Å². The fourth-order valence-corrected chi connectivity index (χ4v) is 4.84. The summed E-state index contributed by atoms with van der Waals surface area (Å²) in [6.45, 7) is 3.03. The predicted octanol–water partition coefficient (Wildman–Crippen LogP) is 2.51. The SMILES string of the molecule is Cn1c(C(=O)NCC2CN(C(=O)c3ccccc3)C3CCN2C3)cc2ccccc21. The number of aromatic nitrogens is 1. The van der Waals surface area contributed by atoms with Crippen LogP contribution in [0.4, 0.5) is 0 Å². The van der Waals surface area contributed by atoms with Crippen LogP contribution in [-0.4, -0.2) is 64.4 Å². The molecule has 0 radical (unpaired) electrons. The molecule has 2 aliphatic rings. The van der Waals surface area contributed by atoms with E-state index in [1.165, 1.54) is 0 Å². The highest BCUT2D eigenvalue weighted by Crippen LogP contribution is 2.26. The maximum Gasteiger partial charge on any atom is 0.267 e. The molecule has 3 unspecified atom stereocenters. The molecule has 1 aromatic heterocycles. The van der Waals surface area contributed by atoms with Crippen LogP contribution in [0.3, 0.4) is 0 Å². The molecule has 1 N–H and O–H groups in total. The van der Waals surface area contributed by atoms with E-state index in [-0.39, 0.29) is 23.9 Å². The molecule has 2 bridgehead atoms. The maximum absolute atomic E-state index is 13.1. The second-order valence-electron chi connectivity index (χ2n) is 8.27. The lowest BCUT2D eigenvalue weighted by Gasteiger charge is -2.40. The lowest BCUT2D eigenvalue weighted by atomic mass is 10.1. The number of para-hydroxylation sites is 1. The quantitative estimate of drug-likeness (QED) is 0.730. The number of aryl methyl sites for hydroxylation is 1. The van der Waals surface area contributed by atoms with E-state index in [9.17, 15) is 9.59 Å². The predicted molar refractivity (Wildman–Crippen MR) is 116 cm³/mol. The van der Waals surface area contributed by atoms with E-state index in [1.54, 1.807) is 0 Å². The monoisotopic (exact) mass is 402 g/mol. The molecule has 3 atom stereocenters. The van der Waals surface area contributed by atoms with E-state index in [2.05, 4.69) is 10.2 Å². The number of fused-ring (bicyclic) bond motifs is 3. The number of nitrogens with zero attached hydrogens (tertiary/aromatic N) is 3. The van der Waals surface area contributed by atoms with E-state index >= 15 is 0 Å². The smallest absolute Gasteiger partial charge is 0.267 e. The summed E-state index contributed by atoms with van der Waals surface area (Å²) in [5, 5.41) is 4.17. The molecule has 2 aliphatic heterocycles. The Bertz CT molecular complexity index is 1090. The van der Waals surface area contributed by atoms with Gasteiger partial charge in [-0.25, -0.2) is 0 Å². The number of hydrogen-bond acceptors (Lipinski definition) is 3. The normalized spacial score (nSPS) is 23.0. The van der Waals surface area contributed by atoms with Crippen molar-refractivity contribution in [1.82, 2.24) is 19.7 Å². The standard InChI is InChI=1S/C24H26N4O2/c1-26-21-10-6-5-9-18(21)13-22(26)23(29)25-14-20-16-28(19-11-12-27(20)15-19)24(30)17-7-3-2-4-8-17/h2-10,13,19-20H,11-12,14-16H2,1H3,(H,25,29). The van der Waals surface area contributed by atoms with Crippen molar-refractivity contribution in [1.29, 1.82) is 0 Å². The molecule has 6 nitrogen and oxygen atoms in total. The highest BCUT2D eigenvalue weighted by Gasteiger charge is 2.40. The number of carbonyl (C=O) groups is 2. The van der Waals surface area contributed by atoms with Gasteiger partial charge < -0.3 is 14.8 Å². The molecule has 2 aromatic carbocycles. The van der Waals surface area contributed by atoms with Crippen LogP contribution in [0.2, 0.25) is 0 Å². The molecule has 2 amide bonds. The number of benzene rings is 2. The van der Waals surface area contributed by atoms with Crippen molar-refractivity contribution >= 4 is 22.7 Å². The molecule has 2 saturated heterocycles. The summed E-state index contributed by atoms with van der Waals surface area (Å²) in [7, 11) is 1.92. The highest BCUT2D eigenvalue weighted by molar-refractivity contribution is 5.98. The molecular weight excluding hydrogens is 376 g/mol. The summed E-state index contributed by atoms with van der Waals surface area (Å²) >= 11 is 0. The topological polar surface area (TPSA) is 57.6 Å². The first-order valence-corrected chi connectivity index (χ1v) is 10.5. The van der Waals surface area contributed by atoms with E-state index < -0.39 is 0 Å². The van der Waals surface area contributed by atoms with Crippen LogP contribution in [0.5, 0.6) is 0 Å². The lowest BCUT2D eigenvalue weighted by molar-refractivity contribution is 0.0493. The Morgan fingerprint density at radius 1 is 1.03 bits per heavy atom. The van der Waals surface area contributed by atoms with Crippen molar-refractivity contribution in [3.05, 3.63) is 71.9 Å². The largest absolute Gasteiger partial charge is 0.349 e. The van der Waals surface area contributed by atoms with Crippen molar-refractivity contribution in [2.45, 2.75) is 18.5 Å². The number of piperazine rings is 1. The summed E-state index contributed by atoms with van der Waals surface area (Å²) in [6.07, 6.45) is 0.992. The van der Waals surface area contributed by atoms with Crippen molar-refractivity contribution in [2.75, 3.05) is 26.2 Å². The van der Waals surface area contributed by atoms with Crippen LogP contribution < -0.4 is 5.32 Å². The van der Waals surface area contributed by atoms with E-state index in [4.69, 9.17) is 0 Å². The van der Waals surface area contributed by atoms with Gasteiger partial charge in [-0.2, -0.15) is 0 Å². The van der Waals surface area contributed by atoms with Crippen molar-refractivity contribution in [2.24, 2.45) is 7.05 Å². The third kappa shape index (κ3) is 3.27. The van der Waals surface area contributed by atoms with Crippen LogP contribution >= 0.6 is 0 Å². The van der Waals surface area contributed by atoms with Gasteiger partial charge in [-0.15, -0.1) is 0 Å². The van der Waals surface area contributed by atoms with Gasteiger partial charge in [0.1, 0.15) is 5.69 Å². The van der Waals surface area contributed by atoms with Crippen LogP contribution in [0.15, 0.2) is 60.7 Å². The minimum atomic E-state index is -0.0732. The Balaban J connectivity index is 1.29. The van der Waals surface area contributed by atoms with Gasteiger partial charge in [0.25, 0.3) is 11.8 Å². The molecule has 0 aliphatic carbocycles. The molecule has 3 aromatic rings. The molecule has 5 rings (SSSR count). The zero-order valence-corrected chi connectivity index (χ0v) is 17.1. The van der Waals surface area contributed by atoms with Gasteiger partial charge in [-0.3, -0.25) is 14.5 Å². The van der Waals surface area contributed by atoms with E-state index in [0.29, 0.717) is 18.8 Å². The third-order valence-corrected chi connectivity index (χ3v) is 6.52. The summed E-state index contributed by atoms with van der Waals surface area (Å²) in [6, 6.07) is 19.8. The molecule has 30 heavy (non-hydrogen) atoms. The molecule has 2 fully saturated rings. The number of nitrogens with one attached hydrogen (secondary N) is 1. The van der Waals surface area contributed by atoms with Gasteiger partial charge in [-0.05, 0) is 30.7 Å².